The van der Waals surface area contributed by atoms with Gasteiger partial charge in [0.15, 0.2) is 5.01 Å². The zero-order valence-corrected chi connectivity index (χ0v) is 11.0. The van der Waals surface area contributed by atoms with Gasteiger partial charge in [0.25, 0.3) is 0 Å². The Hall–Kier alpha value is -2.06. The number of carbonyl (C=O) groups is 1. The predicted octanol–water partition coefficient (Wildman–Crippen LogP) is 1.10. The van der Waals surface area contributed by atoms with Gasteiger partial charge in [-0.15, -0.1) is 10.2 Å². The van der Waals surface area contributed by atoms with Crippen LogP contribution in [0.5, 0.6) is 0 Å². The molecule has 8 heteroatoms. The van der Waals surface area contributed by atoms with Gasteiger partial charge in [-0.3, -0.25) is 10.3 Å². The number of rotatable bonds is 4. The highest BCUT2D eigenvalue weighted by Crippen LogP contribution is 2.23. The van der Waals surface area contributed by atoms with Gasteiger partial charge >= 0.3 is 6.03 Å². The zero-order valence-electron chi connectivity index (χ0n) is 10.2. The van der Waals surface area contributed by atoms with Crippen LogP contribution in [0.4, 0.5) is 9.93 Å². The number of nitrogens with one attached hydrogen (secondary N) is 2. The molecule has 2 rings (SSSR count). The molecule has 1 atom stereocenters. The van der Waals surface area contributed by atoms with Gasteiger partial charge in [0, 0.05) is 12.7 Å². The van der Waals surface area contributed by atoms with Gasteiger partial charge in [0.2, 0.25) is 5.13 Å². The highest BCUT2D eigenvalue weighted by molar-refractivity contribution is 7.18. The smallest absolute Gasteiger partial charge is 0.321 e. The van der Waals surface area contributed by atoms with E-state index in [0.29, 0.717) is 15.8 Å². The highest BCUT2D eigenvalue weighted by Gasteiger charge is 2.10. The van der Waals surface area contributed by atoms with Crippen LogP contribution in [0.2, 0.25) is 0 Å². The lowest BCUT2D eigenvalue weighted by atomic mass is 10.4. The van der Waals surface area contributed by atoms with E-state index >= 15 is 0 Å². The van der Waals surface area contributed by atoms with Crippen molar-refractivity contribution in [2.24, 2.45) is 0 Å². The summed E-state index contributed by atoms with van der Waals surface area (Å²) in [6, 6.07) is 5.06. The molecule has 0 saturated heterocycles. The van der Waals surface area contributed by atoms with Crippen molar-refractivity contribution in [2.75, 3.05) is 11.9 Å². The molecular weight excluding hydrogens is 266 g/mol. The van der Waals surface area contributed by atoms with Crippen LogP contribution in [0.15, 0.2) is 24.4 Å². The minimum atomic E-state index is -0.593. The lowest BCUT2D eigenvalue weighted by Gasteiger charge is -2.06. The molecule has 2 aromatic heterocycles. The van der Waals surface area contributed by atoms with Crippen LogP contribution in [-0.2, 0) is 0 Å². The second-order valence-electron chi connectivity index (χ2n) is 3.81. The number of hydrogen-bond donors (Lipinski definition) is 3. The van der Waals surface area contributed by atoms with Crippen LogP contribution in [0, 0.1) is 0 Å². The normalized spacial score (nSPS) is 11.9. The lowest BCUT2D eigenvalue weighted by Crippen LogP contribution is -2.34. The summed E-state index contributed by atoms with van der Waals surface area (Å²) >= 11 is 1.23. The molecule has 0 aliphatic carbocycles. The Bertz CT molecular complexity index is 543. The number of carbonyl (C=O) groups excluding carboxylic acids is 1. The molecule has 2 amide bonds. The Morgan fingerprint density at radius 2 is 2.32 bits per heavy atom. The minimum Gasteiger partial charge on any atom is -0.392 e. The Morgan fingerprint density at radius 1 is 1.47 bits per heavy atom. The van der Waals surface area contributed by atoms with Crippen molar-refractivity contribution in [2.45, 2.75) is 13.0 Å². The maximum Gasteiger partial charge on any atom is 0.321 e. The number of aromatic nitrogens is 3. The van der Waals surface area contributed by atoms with Crippen molar-refractivity contribution in [3.8, 4) is 10.7 Å². The third kappa shape index (κ3) is 3.97. The van der Waals surface area contributed by atoms with E-state index in [0.717, 1.165) is 0 Å². The number of urea groups is 1. The van der Waals surface area contributed by atoms with E-state index in [2.05, 4.69) is 25.8 Å². The molecule has 2 aromatic rings. The van der Waals surface area contributed by atoms with Crippen molar-refractivity contribution in [1.29, 1.82) is 0 Å². The Labute approximate surface area is 113 Å². The summed E-state index contributed by atoms with van der Waals surface area (Å²) in [5.41, 5.74) is 0.706. The number of aliphatic hydroxyl groups is 1. The van der Waals surface area contributed by atoms with Crippen LogP contribution >= 0.6 is 11.3 Å². The van der Waals surface area contributed by atoms with Crippen molar-refractivity contribution in [3.05, 3.63) is 24.4 Å². The number of nitrogens with zero attached hydrogens (tertiary/aromatic N) is 3. The number of anilines is 1. The molecule has 0 saturated carbocycles. The van der Waals surface area contributed by atoms with Gasteiger partial charge in [-0.1, -0.05) is 17.4 Å². The SMILES string of the molecule is C[C@@H](O)CNC(=O)Nc1nnc(-c2ccccn2)s1. The van der Waals surface area contributed by atoms with Crippen LogP contribution in [0.1, 0.15) is 6.92 Å². The fraction of sp³-hybridized carbons (Fsp3) is 0.273. The monoisotopic (exact) mass is 279 g/mol. The summed E-state index contributed by atoms with van der Waals surface area (Å²) in [6.45, 7) is 1.77. The third-order valence-electron chi connectivity index (χ3n) is 2.09. The molecule has 2 heterocycles. The zero-order chi connectivity index (χ0) is 13.7. The first-order chi connectivity index (χ1) is 9.15. The van der Waals surface area contributed by atoms with E-state index < -0.39 is 12.1 Å². The van der Waals surface area contributed by atoms with Crippen molar-refractivity contribution in [1.82, 2.24) is 20.5 Å². The molecule has 0 aromatic carbocycles. The van der Waals surface area contributed by atoms with Crippen molar-refractivity contribution in [3.63, 3.8) is 0 Å². The molecule has 0 bridgehead atoms. The van der Waals surface area contributed by atoms with E-state index in [9.17, 15) is 4.79 Å². The Balaban J connectivity index is 1.96. The average Bonchev–Trinajstić information content (AvgIpc) is 2.86. The molecule has 0 radical (unpaired) electrons. The number of amides is 2. The van der Waals surface area contributed by atoms with E-state index in [1.807, 2.05) is 18.2 Å². The average molecular weight is 279 g/mol. The van der Waals surface area contributed by atoms with Crippen molar-refractivity contribution >= 4 is 22.5 Å². The predicted molar refractivity (Wildman–Crippen MR) is 71.8 cm³/mol. The largest absolute Gasteiger partial charge is 0.392 e. The van der Waals surface area contributed by atoms with Crippen LogP contribution in [0.25, 0.3) is 10.7 Å². The molecule has 7 nitrogen and oxygen atoms in total. The Kier molecular flexibility index (Phi) is 4.37. The highest BCUT2D eigenvalue weighted by atomic mass is 32.1. The summed E-state index contributed by atoms with van der Waals surface area (Å²) in [4.78, 5) is 15.6. The first-order valence-electron chi connectivity index (χ1n) is 5.63. The fourth-order valence-corrected chi connectivity index (χ4v) is 1.96. The number of pyridine rings is 1. The summed E-state index contributed by atoms with van der Waals surface area (Å²) in [5.74, 6) is 0. The second kappa shape index (κ2) is 6.21. The van der Waals surface area contributed by atoms with Gasteiger partial charge in [-0.2, -0.15) is 0 Å². The topological polar surface area (TPSA) is 100 Å². The summed E-state index contributed by atoms with van der Waals surface area (Å²) in [5, 5.41) is 22.9. The van der Waals surface area contributed by atoms with Crippen LogP contribution < -0.4 is 10.6 Å². The van der Waals surface area contributed by atoms with Crippen LogP contribution in [0.3, 0.4) is 0 Å². The van der Waals surface area contributed by atoms with Gasteiger partial charge in [-0.25, -0.2) is 4.79 Å². The van der Waals surface area contributed by atoms with Gasteiger partial charge < -0.3 is 10.4 Å². The summed E-state index contributed by atoms with van der Waals surface area (Å²) in [7, 11) is 0. The fourth-order valence-electron chi connectivity index (χ4n) is 1.25. The molecule has 0 fully saturated rings. The lowest BCUT2D eigenvalue weighted by molar-refractivity contribution is 0.190. The van der Waals surface area contributed by atoms with Gasteiger partial charge in [0.1, 0.15) is 5.69 Å². The quantitative estimate of drug-likeness (QED) is 0.778. The molecule has 0 unspecified atom stereocenters. The maximum atomic E-state index is 11.5. The number of aliphatic hydroxyl groups excluding tert-OH is 1. The first-order valence-corrected chi connectivity index (χ1v) is 6.44. The van der Waals surface area contributed by atoms with E-state index in [4.69, 9.17) is 5.11 Å². The molecule has 0 aliphatic rings. The number of hydrogen-bond acceptors (Lipinski definition) is 6. The van der Waals surface area contributed by atoms with Crippen LogP contribution in [-0.4, -0.2) is 39.0 Å². The molecular formula is C11H13N5O2S. The molecule has 0 aliphatic heterocycles. The van der Waals surface area contributed by atoms with E-state index in [1.54, 1.807) is 13.1 Å². The van der Waals surface area contributed by atoms with E-state index in [-0.39, 0.29) is 6.54 Å². The molecule has 19 heavy (non-hydrogen) atoms. The maximum absolute atomic E-state index is 11.5. The Morgan fingerprint density at radius 3 is 3.00 bits per heavy atom. The minimum absolute atomic E-state index is 0.178. The first kappa shape index (κ1) is 13.4. The second-order valence-corrected chi connectivity index (χ2v) is 4.79. The summed E-state index contributed by atoms with van der Waals surface area (Å²) in [6.07, 6.45) is 1.07. The third-order valence-corrected chi connectivity index (χ3v) is 2.95. The van der Waals surface area contributed by atoms with Gasteiger partial charge in [-0.05, 0) is 19.1 Å². The van der Waals surface area contributed by atoms with Gasteiger partial charge in [0.05, 0.1) is 6.10 Å². The van der Waals surface area contributed by atoms with Crippen molar-refractivity contribution < 1.29 is 9.90 Å². The standard InChI is InChI=1S/C11H13N5O2S/c1-7(17)6-13-10(18)14-11-16-15-9(19-11)8-4-2-3-5-12-8/h2-5,7,17H,6H2,1H3,(H2,13,14,16,18)/t7-/m1/s1. The molecule has 3 N–H and O–H groups in total. The van der Waals surface area contributed by atoms with E-state index in [1.165, 1.54) is 11.3 Å². The molecule has 100 valence electrons. The molecule has 0 spiro atoms. The summed E-state index contributed by atoms with van der Waals surface area (Å²) < 4.78 is 0.